The number of alkyl halides is 3. The first-order valence-corrected chi connectivity index (χ1v) is 7.41. The van der Waals surface area contributed by atoms with Crippen molar-refractivity contribution in [2.24, 2.45) is 0 Å². The monoisotopic (exact) mass is 323 g/mol. The molecule has 0 bridgehead atoms. The summed E-state index contributed by atoms with van der Waals surface area (Å²) in [5.74, 6) is -0.574. The number of carbonyl (C=O) groups excluding carboxylic acids is 1. The summed E-state index contributed by atoms with van der Waals surface area (Å²) in [5, 5.41) is 4.16. The number of amides is 1. The lowest BCUT2D eigenvalue weighted by molar-refractivity contribution is -0.138. The molecule has 1 aliphatic heterocycles. The van der Waals surface area contributed by atoms with Crippen LogP contribution >= 0.6 is 0 Å². The lowest BCUT2D eigenvalue weighted by Gasteiger charge is -2.33. The highest BCUT2D eigenvalue weighted by Crippen LogP contribution is 2.33. The zero-order valence-corrected chi connectivity index (χ0v) is 12.3. The standard InChI is InChI=1S/C16H16F3N3O/c17-16(18,19)14-7-2-1-6-13(14)15(23)21-9-3-5-12(11-21)22-10-4-8-20-22/h1-2,4,6-8,10,12H,3,5,9,11H2/t12-/m1/s1. The molecule has 122 valence electrons. The average Bonchev–Trinajstić information content (AvgIpc) is 3.08. The number of likely N-dealkylation sites (tertiary alicyclic amines) is 1. The van der Waals surface area contributed by atoms with Crippen molar-refractivity contribution in [3.63, 3.8) is 0 Å². The lowest BCUT2D eigenvalue weighted by atomic mass is 10.0. The molecule has 2 aromatic rings. The second-order valence-electron chi connectivity index (χ2n) is 5.58. The molecular formula is C16H16F3N3O. The highest BCUT2D eigenvalue weighted by molar-refractivity contribution is 5.96. The Morgan fingerprint density at radius 2 is 2.00 bits per heavy atom. The third-order valence-corrected chi connectivity index (χ3v) is 4.05. The molecule has 0 unspecified atom stereocenters. The van der Waals surface area contributed by atoms with Crippen LogP contribution < -0.4 is 0 Å². The maximum Gasteiger partial charge on any atom is 0.417 e. The Bertz CT molecular complexity index is 682. The molecule has 0 radical (unpaired) electrons. The maximum atomic E-state index is 13.1. The van der Waals surface area contributed by atoms with E-state index in [0.29, 0.717) is 13.1 Å². The molecule has 1 aromatic carbocycles. The van der Waals surface area contributed by atoms with Gasteiger partial charge in [-0.2, -0.15) is 18.3 Å². The number of nitrogens with zero attached hydrogens (tertiary/aromatic N) is 3. The highest BCUT2D eigenvalue weighted by Gasteiger charge is 2.36. The Morgan fingerprint density at radius 3 is 2.70 bits per heavy atom. The van der Waals surface area contributed by atoms with Crippen molar-refractivity contribution < 1.29 is 18.0 Å². The lowest BCUT2D eigenvalue weighted by Crippen LogP contribution is -2.41. The van der Waals surface area contributed by atoms with Gasteiger partial charge in [-0.1, -0.05) is 12.1 Å². The summed E-state index contributed by atoms with van der Waals surface area (Å²) in [6.45, 7) is 0.829. The summed E-state index contributed by atoms with van der Waals surface area (Å²) < 4.78 is 41.0. The summed E-state index contributed by atoms with van der Waals surface area (Å²) >= 11 is 0. The number of halogens is 3. The van der Waals surface area contributed by atoms with Gasteiger partial charge < -0.3 is 4.90 Å². The van der Waals surface area contributed by atoms with E-state index in [9.17, 15) is 18.0 Å². The van der Waals surface area contributed by atoms with E-state index in [1.54, 1.807) is 16.9 Å². The minimum atomic E-state index is -4.54. The summed E-state index contributed by atoms with van der Waals surface area (Å²) in [6.07, 6.45) is 0.516. The van der Waals surface area contributed by atoms with Crippen LogP contribution in [-0.4, -0.2) is 33.7 Å². The third kappa shape index (κ3) is 3.23. The number of carbonyl (C=O) groups is 1. The van der Waals surface area contributed by atoms with Crippen LogP contribution in [0.15, 0.2) is 42.7 Å². The first-order valence-electron chi connectivity index (χ1n) is 7.41. The van der Waals surface area contributed by atoms with E-state index in [1.165, 1.54) is 23.1 Å². The van der Waals surface area contributed by atoms with Gasteiger partial charge in [0.15, 0.2) is 0 Å². The van der Waals surface area contributed by atoms with Crippen LogP contribution in [-0.2, 0) is 6.18 Å². The fourth-order valence-corrected chi connectivity index (χ4v) is 2.94. The molecule has 0 N–H and O–H groups in total. The zero-order chi connectivity index (χ0) is 16.4. The normalized spacial score (nSPS) is 18.9. The van der Waals surface area contributed by atoms with E-state index < -0.39 is 17.6 Å². The van der Waals surface area contributed by atoms with Gasteiger partial charge in [-0.05, 0) is 31.0 Å². The fourth-order valence-electron chi connectivity index (χ4n) is 2.94. The molecule has 7 heteroatoms. The summed E-state index contributed by atoms with van der Waals surface area (Å²) in [6, 6.07) is 6.73. The topological polar surface area (TPSA) is 38.1 Å². The zero-order valence-electron chi connectivity index (χ0n) is 12.3. The second-order valence-corrected chi connectivity index (χ2v) is 5.58. The van der Waals surface area contributed by atoms with Crippen molar-refractivity contribution in [1.29, 1.82) is 0 Å². The highest BCUT2D eigenvalue weighted by atomic mass is 19.4. The van der Waals surface area contributed by atoms with Gasteiger partial charge in [0, 0.05) is 25.5 Å². The second kappa shape index (κ2) is 6.06. The minimum Gasteiger partial charge on any atom is -0.336 e. The molecule has 0 saturated carbocycles. The van der Waals surface area contributed by atoms with Crippen molar-refractivity contribution in [2.75, 3.05) is 13.1 Å². The molecule has 1 fully saturated rings. The smallest absolute Gasteiger partial charge is 0.336 e. The van der Waals surface area contributed by atoms with Crippen molar-refractivity contribution in [1.82, 2.24) is 14.7 Å². The summed E-state index contributed by atoms with van der Waals surface area (Å²) in [4.78, 5) is 14.1. The molecule has 1 atom stereocenters. The number of piperidine rings is 1. The molecule has 1 aliphatic rings. The fraction of sp³-hybridized carbons (Fsp3) is 0.375. The number of hydrogen-bond donors (Lipinski definition) is 0. The average molecular weight is 323 g/mol. The van der Waals surface area contributed by atoms with Gasteiger partial charge in [0.1, 0.15) is 0 Å². The van der Waals surface area contributed by atoms with Gasteiger partial charge in [-0.15, -0.1) is 0 Å². The molecule has 0 aliphatic carbocycles. The van der Waals surface area contributed by atoms with E-state index in [4.69, 9.17) is 0 Å². The number of benzene rings is 1. The van der Waals surface area contributed by atoms with Gasteiger partial charge in [-0.3, -0.25) is 9.48 Å². The van der Waals surface area contributed by atoms with Crippen molar-refractivity contribution >= 4 is 5.91 Å². The number of hydrogen-bond acceptors (Lipinski definition) is 2. The molecule has 0 spiro atoms. The molecule has 23 heavy (non-hydrogen) atoms. The van der Waals surface area contributed by atoms with Crippen LogP contribution in [0.2, 0.25) is 0 Å². The van der Waals surface area contributed by atoms with Crippen LogP contribution in [0.3, 0.4) is 0 Å². The van der Waals surface area contributed by atoms with Gasteiger partial charge >= 0.3 is 6.18 Å². The quantitative estimate of drug-likeness (QED) is 0.850. The van der Waals surface area contributed by atoms with Gasteiger partial charge in [0.25, 0.3) is 5.91 Å². The first-order chi connectivity index (χ1) is 11.0. The Hall–Kier alpha value is -2.31. The van der Waals surface area contributed by atoms with E-state index in [2.05, 4.69) is 5.10 Å². The predicted molar refractivity (Wildman–Crippen MR) is 77.8 cm³/mol. The first kappa shape index (κ1) is 15.6. The Balaban J connectivity index is 1.83. The van der Waals surface area contributed by atoms with Crippen LogP contribution in [0, 0.1) is 0 Å². The largest absolute Gasteiger partial charge is 0.417 e. The third-order valence-electron chi connectivity index (χ3n) is 4.05. The van der Waals surface area contributed by atoms with Gasteiger partial charge in [-0.25, -0.2) is 0 Å². The van der Waals surface area contributed by atoms with E-state index in [1.807, 2.05) is 6.20 Å². The van der Waals surface area contributed by atoms with E-state index >= 15 is 0 Å². The molecular weight excluding hydrogens is 307 g/mol. The Labute approximate surface area is 131 Å². The van der Waals surface area contributed by atoms with Crippen molar-refractivity contribution in [3.05, 3.63) is 53.9 Å². The van der Waals surface area contributed by atoms with E-state index in [-0.39, 0.29) is 11.6 Å². The molecule has 2 heterocycles. The van der Waals surface area contributed by atoms with Crippen LogP contribution in [0.1, 0.15) is 34.8 Å². The molecule has 1 saturated heterocycles. The minimum absolute atomic E-state index is 0.000693. The van der Waals surface area contributed by atoms with Gasteiger partial charge in [0.2, 0.25) is 0 Å². The maximum absolute atomic E-state index is 13.1. The van der Waals surface area contributed by atoms with Crippen LogP contribution in [0.4, 0.5) is 13.2 Å². The Kier molecular flexibility index (Phi) is 4.11. The van der Waals surface area contributed by atoms with Gasteiger partial charge in [0.05, 0.1) is 17.2 Å². The van der Waals surface area contributed by atoms with Crippen molar-refractivity contribution in [2.45, 2.75) is 25.1 Å². The predicted octanol–water partition coefficient (Wildman–Crippen LogP) is 3.38. The summed E-state index contributed by atoms with van der Waals surface area (Å²) in [7, 11) is 0. The SMILES string of the molecule is O=C(c1ccccc1C(F)(F)F)N1CCC[C@@H](n2cccn2)C1. The van der Waals surface area contributed by atoms with Crippen LogP contribution in [0.5, 0.6) is 0 Å². The molecule has 1 amide bonds. The molecule has 4 nitrogen and oxygen atoms in total. The van der Waals surface area contributed by atoms with E-state index in [0.717, 1.165) is 18.9 Å². The number of rotatable bonds is 2. The van der Waals surface area contributed by atoms with Crippen LogP contribution in [0.25, 0.3) is 0 Å². The molecule has 1 aromatic heterocycles. The van der Waals surface area contributed by atoms with Crippen molar-refractivity contribution in [3.8, 4) is 0 Å². The Morgan fingerprint density at radius 1 is 1.22 bits per heavy atom. The molecule has 3 rings (SSSR count). The summed E-state index contributed by atoms with van der Waals surface area (Å²) in [5.41, 5.74) is -1.17. The number of aromatic nitrogens is 2.